The quantitative estimate of drug-likeness (QED) is 0.640. The van der Waals surface area contributed by atoms with Gasteiger partial charge in [0.1, 0.15) is 11.9 Å². The zero-order valence-corrected chi connectivity index (χ0v) is 13.7. The molecule has 3 rings (SSSR count). The van der Waals surface area contributed by atoms with Gasteiger partial charge in [0.2, 0.25) is 0 Å². The summed E-state index contributed by atoms with van der Waals surface area (Å²) in [6, 6.07) is 4.10. The Morgan fingerprint density at radius 3 is 2.25 bits per heavy atom. The van der Waals surface area contributed by atoms with Crippen molar-refractivity contribution in [1.82, 2.24) is 0 Å². The summed E-state index contributed by atoms with van der Waals surface area (Å²) in [5, 5.41) is 1.14. The van der Waals surface area contributed by atoms with E-state index in [1.54, 1.807) is 0 Å². The molecular formula is C17H22Cl2O. The van der Waals surface area contributed by atoms with Crippen molar-refractivity contribution in [3.05, 3.63) is 28.3 Å². The maximum atomic E-state index is 6.53. The van der Waals surface area contributed by atoms with E-state index < -0.39 is 0 Å². The van der Waals surface area contributed by atoms with Gasteiger partial charge in [-0.2, -0.15) is 0 Å². The molecule has 2 aliphatic carbocycles. The van der Waals surface area contributed by atoms with Gasteiger partial charge in [-0.15, -0.1) is 11.6 Å². The molecule has 0 N–H and O–H groups in total. The SMILES string of the molecule is Cc1cc(OC2CC(Cl)C23CCCCC3)cc(C)c1Cl. The van der Waals surface area contributed by atoms with E-state index in [1.807, 2.05) is 26.0 Å². The summed E-state index contributed by atoms with van der Waals surface area (Å²) >= 11 is 12.8. The second-order valence-electron chi connectivity index (χ2n) is 6.47. The molecule has 2 fully saturated rings. The summed E-state index contributed by atoms with van der Waals surface area (Å²) < 4.78 is 6.29. The molecule has 0 heterocycles. The third-order valence-corrected chi connectivity index (χ3v) is 6.37. The van der Waals surface area contributed by atoms with Crippen LogP contribution in [0.1, 0.15) is 49.7 Å². The monoisotopic (exact) mass is 312 g/mol. The minimum absolute atomic E-state index is 0.223. The molecule has 20 heavy (non-hydrogen) atoms. The van der Waals surface area contributed by atoms with Crippen LogP contribution in [0.3, 0.4) is 0 Å². The minimum Gasteiger partial charge on any atom is -0.490 e. The fourth-order valence-corrected chi connectivity index (χ4v) is 4.48. The van der Waals surface area contributed by atoms with Gasteiger partial charge in [-0.25, -0.2) is 0 Å². The summed E-state index contributed by atoms with van der Waals surface area (Å²) in [4.78, 5) is 0. The van der Waals surface area contributed by atoms with Gasteiger partial charge in [0, 0.05) is 22.2 Å². The number of ether oxygens (including phenoxy) is 1. The Bertz CT molecular complexity index is 483. The van der Waals surface area contributed by atoms with Crippen molar-refractivity contribution >= 4 is 23.2 Å². The molecule has 2 unspecified atom stereocenters. The maximum Gasteiger partial charge on any atom is 0.120 e. The van der Waals surface area contributed by atoms with Crippen LogP contribution < -0.4 is 4.74 Å². The molecule has 1 nitrogen and oxygen atoms in total. The zero-order chi connectivity index (χ0) is 14.3. The van der Waals surface area contributed by atoms with E-state index in [4.69, 9.17) is 27.9 Å². The molecule has 0 aromatic heterocycles. The molecule has 2 atom stereocenters. The van der Waals surface area contributed by atoms with Crippen LogP contribution in [0.15, 0.2) is 12.1 Å². The van der Waals surface area contributed by atoms with E-state index >= 15 is 0 Å². The largest absolute Gasteiger partial charge is 0.490 e. The molecule has 0 aliphatic heterocycles. The highest BCUT2D eigenvalue weighted by Crippen LogP contribution is 2.55. The number of benzene rings is 1. The van der Waals surface area contributed by atoms with Crippen LogP contribution in [0.25, 0.3) is 0 Å². The second-order valence-corrected chi connectivity index (χ2v) is 7.38. The molecule has 1 aromatic rings. The summed E-state index contributed by atoms with van der Waals surface area (Å²) in [6.45, 7) is 4.06. The summed E-state index contributed by atoms with van der Waals surface area (Å²) in [5.41, 5.74) is 2.39. The topological polar surface area (TPSA) is 9.23 Å². The number of alkyl halides is 1. The lowest BCUT2D eigenvalue weighted by molar-refractivity contribution is -0.0650. The van der Waals surface area contributed by atoms with E-state index in [1.165, 1.54) is 32.1 Å². The smallest absolute Gasteiger partial charge is 0.120 e. The van der Waals surface area contributed by atoms with Gasteiger partial charge >= 0.3 is 0 Å². The first-order valence-corrected chi connectivity index (χ1v) is 8.42. The fourth-order valence-electron chi connectivity index (χ4n) is 3.85. The van der Waals surface area contributed by atoms with Crippen LogP contribution in [0.5, 0.6) is 5.75 Å². The molecule has 0 saturated heterocycles. The molecule has 0 radical (unpaired) electrons. The lowest BCUT2D eigenvalue weighted by atomic mass is 9.58. The summed E-state index contributed by atoms with van der Waals surface area (Å²) in [5.74, 6) is 0.947. The van der Waals surface area contributed by atoms with Crippen molar-refractivity contribution in [2.45, 2.75) is 63.9 Å². The number of hydrogen-bond donors (Lipinski definition) is 0. The molecule has 2 aliphatic rings. The predicted octanol–water partition coefficient (Wildman–Crippen LogP) is 5.67. The highest BCUT2D eigenvalue weighted by molar-refractivity contribution is 6.32. The molecule has 0 bridgehead atoms. The lowest BCUT2D eigenvalue weighted by Gasteiger charge is -2.55. The minimum atomic E-state index is 0.223. The Balaban J connectivity index is 1.78. The van der Waals surface area contributed by atoms with Gasteiger partial charge in [-0.05, 0) is 49.9 Å². The predicted molar refractivity (Wildman–Crippen MR) is 85.1 cm³/mol. The van der Waals surface area contributed by atoms with E-state index in [9.17, 15) is 0 Å². The second kappa shape index (κ2) is 5.42. The summed E-state index contributed by atoms with van der Waals surface area (Å²) in [7, 11) is 0. The van der Waals surface area contributed by atoms with E-state index in [-0.39, 0.29) is 11.5 Å². The Hall–Kier alpha value is -0.400. The van der Waals surface area contributed by atoms with Crippen LogP contribution in [0.4, 0.5) is 0 Å². The Labute approximate surface area is 131 Å². The average Bonchev–Trinajstić information content (AvgIpc) is 2.45. The van der Waals surface area contributed by atoms with Crippen molar-refractivity contribution in [1.29, 1.82) is 0 Å². The van der Waals surface area contributed by atoms with Gasteiger partial charge in [-0.1, -0.05) is 30.9 Å². The van der Waals surface area contributed by atoms with Crippen LogP contribution in [0.2, 0.25) is 5.02 Å². The molecule has 3 heteroatoms. The first-order valence-electron chi connectivity index (χ1n) is 7.60. The van der Waals surface area contributed by atoms with Gasteiger partial charge in [0.25, 0.3) is 0 Å². The van der Waals surface area contributed by atoms with Gasteiger partial charge in [0.05, 0.1) is 0 Å². The standard InChI is InChI=1S/C17H22Cl2O/c1-11-8-13(9-12(2)16(11)19)20-15-10-14(18)17(15)6-4-3-5-7-17/h8-9,14-15H,3-7,10H2,1-2H3. The number of halogens is 2. The third-order valence-electron chi connectivity index (χ3n) is 5.16. The summed E-state index contributed by atoms with van der Waals surface area (Å²) in [6.07, 6.45) is 7.63. The van der Waals surface area contributed by atoms with Crippen LogP contribution in [-0.4, -0.2) is 11.5 Å². The lowest BCUT2D eigenvalue weighted by Crippen LogP contribution is -2.58. The fraction of sp³-hybridized carbons (Fsp3) is 0.647. The highest BCUT2D eigenvalue weighted by Gasteiger charge is 2.55. The first-order chi connectivity index (χ1) is 9.53. The highest BCUT2D eigenvalue weighted by atomic mass is 35.5. The van der Waals surface area contributed by atoms with Gasteiger partial charge in [0.15, 0.2) is 0 Å². The van der Waals surface area contributed by atoms with Crippen molar-refractivity contribution in [3.63, 3.8) is 0 Å². The average molecular weight is 313 g/mol. The van der Waals surface area contributed by atoms with Gasteiger partial charge < -0.3 is 4.74 Å². The van der Waals surface area contributed by atoms with E-state index in [0.29, 0.717) is 5.38 Å². The normalized spacial score (nSPS) is 28.2. The molecule has 1 spiro atoms. The van der Waals surface area contributed by atoms with Gasteiger partial charge in [-0.3, -0.25) is 0 Å². The Morgan fingerprint density at radius 2 is 1.70 bits per heavy atom. The van der Waals surface area contributed by atoms with Crippen LogP contribution in [-0.2, 0) is 0 Å². The number of rotatable bonds is 2. The maximum absolute atomic E-state index is 6.53. The van der Waals surface area contributed by atoms with Crippen LogP contribution >= 0.6 is 23.2 Å². The number of hydrogen-bond acceptors (Lipinski definition) is 1. The first kappa shape index (κ1) is 14.5. The molecular weight excluding hydrogens is 291 g/mol. The molecule has 1 aromatic carbocycles. The number of aryl methyl sites for hydroxylation is 2. The third kappa shape index (κ3) is 2.33. The van der Waals surface area contributed by atoms with Crippen molar-refractivity contribution in [3.8, 4) is 5.75 Å². The Kier molecular flexibility index (Phi) is 3.94. The zero-order valence-electron chi connectivity index (χ0n) is 12.2. The van der Waals surface area contributed by atoms with E-state index in [0.717, 1.165) is 28.3 Å². The van der Waals surface area contributed by atoms with Crippen LogP contribution in [0, 0.1) is 19.3 Å². The molecule has 0 amide bonds. The Morgan fingerprint density at radius 1 is 1.10 bits per heavy atom. The molecule has 2 saturated carbocycles. The van der Waals surface area contributed by atoms with Crippen molar-refractivity contribution < 1.29 is 4.74 Å². The van der Waals surface area contributed by atoms with Crippen molar-refractivity contribution in [2.75, 3.05) is 0 Å². The van der Waals surface area contributed by atoms with E-state index in [2.05, 4.69) is 0 Å². The molecule has 110 valence electrons. The van der Waals surface area contributed by atoms with Crippen molar-refractivity contribution in [2.24, 2.45) is 5.41 Å².